The lowest BCUT2D eigenvalue weighted by Gasteiger charge is -2.34. The van der Waals surface area contributed by atoms with Crippen LogP contribution in [0.25, 0.3) is 0 Å². The van der Waals surface area contributed by atoms with Crippen LogP contribution in [0.4, 0.5) is 5.69 Å². The second-order valence-corrected chi connectivity index (χ2v) is 9.85. The number of carbonyl (C=O) groups is 2. The highest BCUT2D eigenvalue weighted by Gasteiger charge is 2.34. The lowest BCUT2D eigenvalue weighted by atomic mass is 10.1. The summed E-state index contributed by atoms with van der Waals surface area (Å²) < 4.78 is 33.3. The van der Waals surface area contributed by atoms with E-state index in [0.29, 0.717) is 11.3 Å². The summed E-state index contributed by atoms with van der Waals surface area (Å²) in [5.74, 6) is -0.183. The number of aryl methyl sites for hydroxylation is 1. The Labute approximate surface area is 185 Å². The fourth-order valence-electron chi connectivity index (χ4n) is 3.66. The molecular weight excluding hydrogens is 442 g/mol. The monoisotopic (exact) mass is 463 g/mol. The average Bonchev–Trinajstić information content (AvgIpc) is 2.74. The van der Waals surface area contributed by atoms with E-state index in [-0.39, 0.29) is 53.7 Å². The highest BCUT2D eigenvalue weighted by molar-refractivity contribution is 7.89. The number of amides is 2. The van der Waals surface area contributed by atoms with E-state index >= 15 is 0 Å². The first-order valence-corrected chi connectivity index (χ1v) is 11.7. The van der Waals surface area contributed by atoms with Gasteiger partial charge in [-0.05, 0) is 31.5 Å². The summed E-state index contributed by atoms with van der Waals surface area (Å²) in [7, 11) is -3.91. The molecule has 0 radical (unpaired) electrons. The molecule has 8 nitrogen and oxygen atoms in total. The third-order valence-electron chi connectivity index (χ3n) is 5.48. The molecule has 10 heteroatoms. The fourth-order valence-corrected chi connectivity index (χ4v) is 5.60. The van der Waals surface area contributed by atoms with Crippen LogP contribution in [-0.4, -0.2) is 61.7 Å². The maximum atomic E-state index is 13.2. The highest BCUT2D eigenvalue weighted by atomic mass is 35.5. The van der Waals surface area contributed by atoms with Gasteiger partial charge in [0.2, 0.25) is 10.0 Å². The predicted octanol–water partition coefficient (Wildman–Crippen LogP) is 2.51. The van der Waals surface area contributed by atoms with Gasteiger partial charge < -0.3 is 15.0 Å². The van der Waals surface area contributed by atoms with Crippen molar-refractivity contribution in [1.82, 2.24) is 9.21 Å². The number of fused-ring (bicyclic) bond motifs is 1. The SMILES string of the molecule is Cc1ccccc1C(=O)N1CCN(S(=O)(=O)c2cc3c(cc2Cl)NC(=O)C(C)O3)CC1. The molecule has 2 aromatic carbocycles. The summed E-state index contributed by atoms with van der Waals surface area (Å²) in [6.45, 7) is 4.31. The summed E-state index contributed by atoms with van der Waals surface area (Å²) in [6, 6.07) is 10.0. The number of rotatable bonds is 3. The predicted molar refractivity (Wildman–Crippen MR) is 116 cm³/mol. The van der Waals surface area contributed by atoms with E-state index in [9.17, 15) is 18.0 Å². The van der Waals surface area contributed by atoms with E-state index in [1.807, 2.05) is 25.1 Å². The van der Waals surface area contributed by atoms with E-state index in [2.05, 4.69) is 5.32 Å². The van der Waals surface area contributed by atoms with Gasteiger partial charge in [-0.1, -0.05) is 29.8 Å². The lowest BCUT2D eigenvalue weighted by molar-refractivity contribution is -0.122. The van der Waals surface area contributed by atoms with E-state index in [0.717, 1.165) is 5.56 Å². The van der Waals surface area contributed by atoms with Crippen LogP contribution in [0.1, 0.15) is 22.8 Å². The number of halogens is 1. The molecule has 0 aromatic heterocycles. The summed E-state index contributed by atoms with van der Waals surface area (Å²) in [5, 5.41) is 2.64. The molecule has 0 spiro atoms. The number of benzene rings is 2. The maximum Gasteiger partial charge on any atom is 0.265 e. The minimum atomic E-state index is -3.91. The zero-order valence-electron chi connectivity index (χ0n) is 17.1. The third kappa shape index (κ3) is 4.00. The molecule has 2 aromatic rings. The van der Waals surface area contributed by atoms with Crippen LogP contribution in [0, 0.1) is 6.92 Å². The zero-order chi connectivity index (χ0) is 22.3. The first kappa shape index (κ1) is 21.6. The average molecular weight is 464 g/mol. The first-order chi connectivity index (χ1) is 14.7. The zero-order valence-corrected chi connectivity index (χ0v) is 18.7. The quantitative estimate of drug-likeness (QED) is 0.754. The van der Waals surface area contributed by atoms with E-state index in [4.69, 9.17) is 16.3 Å². The Morgan fingerprint density at radius 2 is 1.84 bits per heavy atom. The number of hydrogen-bond donors (Lipinski definition) is 1. The van der Waals surface area contributed by atoms with Crippen LogP contribution in [0.2, 0.25) is 5.02 Å². The Morgan fingerprint density at radius 3 is 2.52 bits per heavy atom. The summed E-state index contributed by atoms with van der Waals surface area (Å²) in [4.78, 5) is 26.1. The molecule has 1 saturated heterocycles. The normalized spacial score (nSPS) is 19.4. The Bertz CT molecular complexity index is 1160. The molecule has 2 heterocycles. The lowest BCUT2D eigenvalue weighted by Crippen LogP contribution is -2.50. The van der Waals surface area contributed by atoms with Crippen LogP contribution in [0.3, 0.4) is 0 Å². The third-order valence-corrected chi connectivity index (χ3v) is 7.85. The molecule has 0 saturated carbocycles. The number of anilines is 1. The molecule has 2 aliphatic rings. The number of nitrogens with one attached hydrogen (secondary N) is 1. The molecule has 0 aliphatic carbocycles. The van der Waals surface area contributed by atoms with Crippen LogP contribution >= 0.6 is 11.6 Å². The van der Waals surface area contributed by atoms with Crippen LogP contribution < -0.4 is 10.1 Å². The van der Waals surface area contributed by atoms with Gasteiger partial charge in [0.1, 0.15) is 10.6 Å². The number of nitrogens with zero attached hydrogens (tertiary/aromatic N) is 2. The molecule has 31 heavy (non-hydrogen) atoms. The summed E-state index contributed by atoms with van der Waals surface area (Å²) >= 11 is 6.25. The van der Waals surface area contributed by atoms with Crippen LogP contribution in [0.5, 0.6) is 5.75 Å². The topological polar surface area (TPSA) is 96.0 Å². The molecule has 2 aliphatic heterocycles. The summed E-state index contributed by atoms with van der Waals surface area (Å²) in [6.07, 6.45) is -0.736. The maximum absolute atomic E-state index is 13.2. The molecule has 2 amide bonds. The molecule has 1 unspecified atom stereocenters. The first-order valence-electron chi connectivity index (χ1n) is 9.84. The highest BCUT2D eigenvalue weighted by Crippen LogP contribution is 2.38. The Kier molecular flexibility index (Phi) is 5.67. The Balaban J connectivity index is 1.52. The van der Waals surface area contributed by atoms with Crippen molar-refractivity contribution in [3.63, 3.8) is 0 Å². The van der Waals surface area contributed by atoms with Gasteiger partial charge in [-0.3, -0.25) is 9.59 Å². The van der Waals surface area contributed by atoms with Gasteiger partial charge in [0.05, 0.1) is 10.7 Å². The van der Waals surface area contributed by atoms with Crippen molar-refractivity contribution in [2.24, 2.45) is 0 Å². The minimum Gasteiger partial charge on any atom is -0.479 e. The van der Waals surface area contributed by atoms with Crippen molar-refractivity contribution in [1.29, 1.82) is 0 Å². The molecule has 164 valence electrons. The fraction of sp³-hybridized carbons (Fsp3) is 0.333. The van der Waals surface area contributed by atoms with Crippen molar-refractivity contribution >= 4 is 39.1 Å². The van der Waals surface area contributed by atoms with Crippen molar-refractivity contribution in [2.75, 3.05) is 31.5 Å². The van der Waals surface area contributed by atoms with Crippen molar-refractivity contribution in [3.05, 3.63) is 52.5 Å². The van der Waals surface area contributed by atoms with Crippen molar-refractivity contribution < 1.29 is 22.7 Å². The Hall–Kier alpha value is -2.62. The van der Waals surface area contributed by atoms with Crippen molar-refractivity contribution in [3.8, 4) is 5.75 Å². The van der Waals surface area contributed by atoms with Crippen molar-refractivity contribution in [2.45, 2.75) is 24.8 Å². The number of ether oxygens (including phenoxy) is 1. The molecule has 1 fully saturated rings. The Morgan fingerprint density at radius 1 is 1.16 bits per heavy atom. The molecular formula is C21H22ClN3O5S. The van der Waals surface area contributed by atoms with Gasteiger partial charge in [0.15, 0.2) is 6.10 Å². The second kappa shape index (κ2) is 8.14. The van der Waals surface area contributed by atoms with Gasteiger partial charge in [0, 0.05) is 37.8 Å². The van der Waals surface area contributed by atoms with Crippen LogP contribution in [-0.2, 0) is 14.8 Å². The van der Waals surface area contributed by atoms with Crippen LogP contribution in [0.15, 0.2) is 41.3 Å². The van der Waals surface area contributed by atoms with Gasteiger partial charge in [-0.2, -0.15) is 4.31 Å². The molecule has 0 bridgehead atoms. The molecule has 1 N–H and O–H groups in total. The minimum absolute atomic E-state index is 0.00406. The second-order valence-electron chi connectivity index (χ2n) is 7.54. The van der Waals surface area contributed by atoms with Gasteiger partial charge in [0.25, 0.3) is 11.8 Å². The number of hydrogen-bond acceptors (Lipinski definition) is 5. The number of piperazine rings is 1. The molecule has 1 atom stereocenters. The smallest absolute Gasteiger partial charge is 0.265 e. The van der Waals surface area contributed by atoms with Gasteiger partial charge in [-0.25, -0.2) is 8.42 Å². The standard InChI is InChI=1S/C21H22ClN3O5S/c1-13-5-3-4-6-15(13)21(27)24-7-9-25(10-8-24)31(28,29)19-12-18-17(11-16(19)22)23-20(26)14(2)30-18/h3-6,11-12,14H,7-10H2,1-2H3,(H,23,26). The van der Waals surface area contributed by atoms with E-state index in [1.54, 1.807) is 17.9 Å². The number of carbonyl (C=O) groups excluding carboxylic acids is 2. The van der Waals surface area contributed by atoms with E-state index < -0.39 is 16.1 Å². The molecule has 4 rings (SSSR count). The van der Waals surface area contributed by atoms with Gasteiger partial charge in [-0.15, -0.1) is 0 Å². The van der Waals surface area contributed by atoms with E-state index in [1.165, 1.54) is 16.4 Å². The number of sulfonamides is 1. The van der Waals surface area contributed by atoms with Gasteiger partial charge >= 0.3 is 0 Å². The summed E-state index contributed by atoms with van der Waals surface area (Å²) in [5.41, 5.74) is 1.83. The largest absolute Gasteiger partial charge is 0.479 e.